The van der Waals surface area contributed by atoms with Gasteiger partial charge >= 0.3 is 6.09 Å². The second kappa shape index (κ2) is 5.24. The van der Waals surface area contributed by atoms with Gasteiger partial charge in [-0.2, -0.15) is 0 Å². The molecule has 0 aromatic heterocycles. The van der Waals surface area contributed by atoms with Crippen molar-refractivity contribution >= 4 is 6.09 Å². The van der Waals surface area contributed by atoms with Gasteiger partial charge in [0.25, 0.3) is 0 Å². The lowest BCUT2D eigenvalue weighted by atomic mass is 10.1. The van der Waals surface area contributed by atoms with Gasteiger partial charge in [-0.15, -0.1) is 0 Å². The summed E-state index contributed by atoms with van der Waals surface area (Å²) in [6.07, 6.45) is 0.507. The molecule has 4 nitrogen and oxygen atoms in total. The largest absolute Gasteiger partial charge is 0.464 e. The second-order valence-corrected chi connectivity index (χ2v) is 3.07. The van der Waals surface area contributed by atoms with Crippen LogP contribution in [0.3, 0.4) is 0 Å². The first kappa shape index (κ1) is 10.5. The number of hydrogen-bond acceptors (Lipinski definition) is 2. The number of rotatable bonds is 4. The van der Waals surface area contributed by atoms with Crippen LogP contribution in [0.25, 0.3) is 0 Å². The molecule has 1 aromatic rings. The van der Waals surface area contributed by atoms with Crippen LogP contribution in [0.1, 0.15) is 12.0 Å². The summed E-state index contributed by atoms with van der Waals surface area (Å²) in [6.45, 7) is 0.365. The number of nitrogens with zero attached hydrogens (tertiary/aromatic N) is 1. The van der Waals surface area contributed by atoms with Crippen LogP contribution >= 0.6 is 0 Å². The Morgan fingerprint density at radius 2 is 2.00 bits per heavy atom. The van der Waals surface area contributed by atoms with Gasteiger partial charge in [0.05, 0.1) is 0 Å². The Balaban J connectivity index is 2.26. The SMILES string of the molecule is NN(CCCc1ccccc1)C(=O)O. The van der Waals surface area contributed by atoms with Crippen LogP contribution in [0.5, 0.6) is 0 Å². The van der Waals surface area contributed by atoms with E-state index in [1.54, 1.807) is 0 Å². The van der Waals surface area contributed by atoms with Gasteiger partial charge in [-0.05, 0) is 18.4 Å². The van der Waals surface area contributed by atoms with E-state index in [1.807, 2.05) is 30.3 Å². The summed E-state index contributed by atoms with van der Waals surface area (Å²) in [5.41, 5.74) is 1.20. The van der Waals surface area contributed by atoms with E-state index in [0.717, 1.165) is 17.9 Å². The second-order valence-electron chi connectivity index (χ2n) is 3.07. The fourth-order valence-corrected chi connectivity index (χ4v) is 1.19. The topological polar surface area (TPSA) is 66.6 Å². The number of carboxylic acid groups (broad SMARTS) is 1. The summed E-state index contributed by atoms with van der Waals surface area (Å²) in [7, 11) is 0. The first-order chi connectivity index (χ1) is 6.70. The molecule has 0 aliphatic heterocycles. The van der Waals surface area contributed by atoms with Gasteiger partial charge in [0.2, 0.25) is 0 Å². The predicted molar refractivity (Wildman–Crippen MR) is 53.7 cm³/mol. The third-order valence-electron chi connectivity index (χ3n) is 1.95. The molecule has 0 bridgehead atoms. The highest BCUT2D eigenvalue weighted by Gasteiger charge is 2.04. The van der Waals surface area contributed by atoms with Crippen molar-refractivity contribution in [3.05, 3.63) is 35.9 Å². The average molecular weight is 194 g/mol. The van der Waals surface area contributed by atoms with Crippen LogP contribution in [-0.2, 0) is 6.42 Å². The fourth-order valence-electron chi connectivity index (χ4n) is 1.19. The van der Waals surface area contributed by atoms with Crippen LogP contribution < -0.4 is 5.84 Å². The van der Waals surface area contributed by atoms with E-state index in [9.17, 15) is 4.79 Å². The van der Waals surface area contributed by atoms with Gasteiger partial charge in [-0.3, -0.25) is 0 Å². The number of amides is 1. The summed E-state index contributed by atoms with van der Waals surface area (Å²) in [5.74, 6) is 5.21. The summed E-state index contributed by atoms with van der Waals surface area (Å²) < 4.78 is 0. The zero-order chi connectivity index (χ0) is 10.4. The standard InChI is InChI=1S/C10H14N2O2/c11-12(10(13)14)8-4-7-9-5-2-1-3-6-9/h1-3,5-6H,4,7-8,11H2,(H,13,14). The highest BCUT2D eigenvalue weighted by atomic mass is 16.4. The summed E-state index contributed by atoms with van der Waals surface area (Å²) in [6, 6.07) is 9.92. The van der Waals surface area contributed by atoms with Crippen molar-refractivity contribution in [1.82, 2.24) is 5.01 Å². The minimum Gasteiger partial charge on any atom is -0.464 e. The minimum absolute atomic E-state index is 0.365. The highest BCUT2D eigenvalue weighted by Crippen LogP contribution is 2.02. The number of nitrogens with two attached hydrogens (primary N) is 1. The van der Waals surface area contributed by atoms with Crippen molar-refractivity contribution < 1.29 is 9.90 Å². The van der Waals surface area contributed by atoms with Gasteiger partial charge in [-0.25, -0.2) is 15.6 Å². The van der Waals surface area contributed by atoms with Crippen LogP contribution in [0.2, 0.25) is 0 Å². The highest BCUT2D eigenvalue weighted by molar-refractivity contribution is 5.63. The molecule has 0 unspecified atom stereocenters. The quantitative estimate of drug-likeness (QED) is 0.433. The van der Waals surface area contributed by atoms with Crippen molar-refractivity contribution in [2.45, 2.75) is 12.8 Å². The third-order valence-corrected chi connectivity index (χ3v) is 1.95. The fraction of sp³-hybridized carbons (Fsp3) is 0.300. The molecule has 0 aliphatic rings. The zero-order valence-electron chi connectivity index (χ0n) is 7.89. The van der Waals surface area contributed by atoms with Gasteiger partial charge in [0.15, 0.2) is 0 Å². The molecule has 1 amide bonds. The molecule has 0 fully saturated rings. The van der Waals surface area contributed by atoms with Crippen LogP contribution in [-0.4, -0.2) is 22.8 Å². The molecule has 0 saturated carbocycles. The maximum absolute atomic E-state index is 10.3. The first-order valence-corrected chi connectivity index (χ1v) is 4.49. The van der Waals surface area contributed by atoms with Crippen molar-refractivity contribution in [3.8, 4) is 0 Å². The molecular weight excluding hydrogens is 180 g/mol. The van der Waals surface area contributed by atoms with Crippen molar-refractivity contribution in [2.75, 3.05) is 6.54 Å². The molecule has 0 saturated heterocycles. The molecule has 1 rings (SSSR count). The number of aryl methyl sites for hydroxylation is 1. The maximum atomic E-state index is 10.3. The Hall–Kier alpha value is -1.55. The minimum atomic E-state index is -1.09. The van der Waals surface area contributed by atoms with Crippen LogP contribution in [0.4, 0.5) is 4.79 Å². The van der Waals surface area contributed by atoms with Gasteiger partial charge in [0, 0.05) is 6.54 Å². The Morgan fingerprint density at radius 3 is 2.57 bits per heavy atom. The number of benzene rings is 1. The van der Waals surface area contributed by atoms with Gasteiger partial charge in [0.1, 0.15) is 0 Å². The smallest absolute Gasteiger partial charge is 0.421 e. The van der Waals surface area contributed by atoms with Gasteiger partial charge in [-0.1, -0.05) is 30.3 Å². The van der Waals surface area contributed by atoms with Crippen molar-refractivity contribution in [3.63, 3.8) is 0 Å². The summed E-state index contributed by atoms with van der Waals surface area (Å²) >= 11 is 0. The molecule has 0 radical (unpaired) electrons. The van der Waals surface area contributed by atoms with E-state index in [-0.39, 0.29) is 0 Å². The molecule has 4 heteroatoms. The van der Waals surface area contributed by atoms with E-state index in [0.29, 0.717) is 6.54 Å². The monoisotopic (exact) mass is 194 g/mol. The summed E-state index contributed by atoms with van der Waals surface area (Å²) in [5, 5.41) is 9.29. The third kappa shape index (κ3) is 3.45. The Morgan fingerprint density at radius 1 is 1.36 bits per heavy atom. The maximum Gasteiger partial charge on any atom is 0.421 e. The molecule has 0 aliphatic carbocycles. The summed E-state index contributed by atoms with van der Waals surface area (Å²) in [4.78, 5) is 10.3. The molecular formula is C10H14N2O2. The van der Waals surface area contributed by atoms with Crippen molar-refractivity contribution in [2.24, 2.45) is 5.84 Å². The zero-order valence-corrected chi connectivity index (χ0v) is 7.89. The number of hydrazine groups is 1. The van der Waals surface area contributed by atoms with E-state index < -0.39 is 6.09 Å². The molecule has 3 N–H and O–H groups in total. The van der Waals surface area contributed by atoms with E-state index >= 15 is 0 Å². The average Bonchev–Trinajstić information content (AvgIpc) is 2.19. The van der Waals surface area contributed by atoms with E-state index in [1.165, 1.54) is 5.56 Å². The molecule has 1 aromatic carbocycles. The molecule has 0 spiro atoms. The molecule has 0 atom stereocenters. The molecule has 14 heavy (non-hydrogen) atoms. The van der Waals surface area contributed by atoms with Crippen LogP contribution in [0, 0.1) is 0 Å². The van der Waals surface area contributed by atoms with Crippen molar-refractivity contribution in [1.29, 1.82) is 0 Å². The normalized spacial score (nSPS) is 9.79. The number of carbonyl (C=O) groups is 1. The Kier molecular flexibility index (Phi) is 3.94. The van der Waals surface area contributed by atoms with Gasteiger partial charge < -0.3 is 5.11 Å². The predicted octanol–water partition coefficient (Wildman–Crippen LogP) is 1.47. The molecule has 0 heterocycles. The Labute approximate surface area is 82.9 Å². The van der Waals surface area contributed by atoms with Crippen LogP contribution in [0.15, 0.2) is 30.3 Å². The lowest BCUT2D eigenvalue weighted by Crippen LogP contribution is -2.37. The van der Waals surface area contributed by atoms with E-state index in [4.69, 9.17) is 10.9 Å². The van der Waals surface area contributed by atoms with E-state index in [2.05, 4.69) is 0 Å². The number of hydrogen-bond donors (Lipinski definition) is 2. The Bertz CT molecular complexity index is 287. The molecule has 76 valence electrons. The lowest BCUT2D eigenvalue weighted by molar-refractivity contribution is 0.145. The first-order valence-electron chi connectivity index (χ1n) is 4.49. The lowest BCUT2D eigenvalue weighted by Gasteiger charge is -2.11.